The van der Waals surface area contributed by atoms with Crippen LogP contribution >= 0.6 is 0 Å². The van der Waals surface area contributed by atoms with E-state index in [0.29, 0.717) is 28.8 Å². The zero-order chi connectivity index (χ0) is 29.2. The third kappa shape index (κ3) is 5.91. The molecule has 0 spiro atoms. The first-order chi connectivity index (χ1) is 18.8. The molecular weight excluding hydrogens is 551 g/mol. The van der Waals surface area contributed by atoms with Gasteiger partial charge in [-0.3, -0.25) is 18.9 Å². The summed E-state index contributed by atoms with van der Waals surface area (Å²) in [5.74, 6) is -0.778. The molecule has 0 aliphatic heterocycles. The summed E-state index contributed by atoms with van der Waals surface area (Å²) in [7, 11) is -1.52. The zero-order valence-corrected chi connectivity index (χ0v) is 22.3. The summed E-state index contributed by atoms with van der Waals surface area (Å²) >= 11 is 0. The van der Waals surface area contributed by atoms with Crippen molar-refractivity contribution < 1.29 is 31.1 Å². The normalized spacial score (nSPS) is 12.7. The van der Waals surface area contributed by atoms with E-state index in [0.717, 1.165) is 12.1 Å². The molecule has 0 fully saturated rings. The summed E-state index contributed by atoms with van der Waals surface area (Å²) in [5.41, 5.74) is -0.0757. The maximum absolute atomic E-state index is 13.1. The minimum atomic E-state index is -4.61. The van der Waals surface area contributed by atoms with E-state index in [1.165, 1.54) is 37.3 Å². The van der Waals surface area contributed by atoms with Crippen molar-refractivity contribution in [2.75, 3.05) is 18.9 Å². The van der Waals surface area contributed by atoms with Crippen LogP contribution in [0, 0.1) is 5.92 Å². The van der Waals surface area contributed by atoms with Crippen LogP contribution in [0.25, 0.3) is 22.0 Å². The van der Waals surface area contributed by atoms with E-state index in [-0.39, 0.29) is 35.0 Å². The van der Waals surface area contributed by atoms with Gasteiger partial charge in [-0.25, -0.2) is 18.4 Å². The lowest BCUT2D eigenvalue weighted by atomic mass is 10.0. The van der Waals surface area contributed by atoms with Crippen LogP contribution in [-0.2, 0) is 27.5 Å². The Morgan fingerprint density at radius 1 is 1.07 bits per heavy atom. The summed E-state index contributed by atoms with van der Waals surface area (Å²) in [5, 5.41) is 2.81. The minimum Gasteiger partial charge on any atom is -0.480 e. The summed E-state index contributed by atoms with van der Waals surface area (Å²) in [6, 6.07) is 9.33. The minimum absolute atomic E-state index is 0.0667. The lowest BCUT2D eigenvalue weighted by Crippen LogP contribution is -2.32. The van der Waals surface area contributed by atoms with Gasteiger partial charge < -0.3 is 10.1 Å². The second-order valence-electron chi connectivity index (χ2n) is 8.86. The largest absolute Gasteiger partial charge is 0.480 e. The lowest BCUT2D eigenvalue weighted by molar-refractivity contribution is -0.137. The second kappa shape index (κ2) is 11.0. The molecule has 1 amide bonds. The number of methoxy groups -OCH3 is 1. The Balaban J connectivity index is 1.69. The first-order valence-corrected chi connectivity index (χ1v) is 13.3. The Morgan fingerprint density at radius 3 is 2.40 bits per heavy atom. The molecule has 2 N–H and O–H groups in total. The zero-order valence-electron chi connectivity index (χ0n) is 21.5. The maximum Gasteiger partial charge on any atom is 0.416 e. The van der Waals surface area contributed by atoms with Gasteiger partial charge in [0.25, 0.3) is 15.6 Å². The number of carbonyl (C=O) groups is 1. The number of ether oxygens (including phenoxy) is 1. The fourth-order valence-corrected chi connectivity index (χ4v) is 5.01. The van der Waals surface area contributed by atoms with Crippen LogP contribution in [0.1, 0.15) is 12.5 Å². The molecular formula is C26H24F3N5O5S. The van der Waals surface area contributed by atoms with Gasteiger partial charge in [0.2, 0.25) is 11.8 Å². The Morgan fingerprint density at radius 2 is 1.77 bits per heavy atom. The van der Waals surface area contributed by atoms with E-state index in [1.807, 2.05) is 0 Å². The van der Waals surface area contributed by atoms with E-state index in [2.05, 4.69) is 20.0 Å². The van der Waals surface area contributed by atoms with Gasteiger partial charge in [-0.15, -0.1) is 0 Å². The Hall–Kier alpha value is -4.46. The van der Waals surface area contributed by atoms with Gasteiger partial charge in [0.15, 0.2) is 0 Å². The van der Waals surface area contributed by atoms with Crippen molar-refractivity contribution in [1.29, 1.82) is 0 Å². The van der Waals surface area contributed by atoms with Crippen LogP contribution in [0.2, 0.25) is 0 Å². The van der Waals surface area contributed by atoms with Gasteiger partial charge in [0.05, 0.1) is 40.7 Å². The number of rotatable bonds is 8. The van der Waals surface area contributed by atoms with Crippen LogP contribution in [0.5, 0.6) is 5.88 Å². The molecule has 0 unspecified atom stereocenters. The van der Waals surface area contributed by atoms with Crippen LogP contribution in [0.15, 0.2) is 70.7 Å². The molecule has 10 nitrogen and oxygen atoms in total. The van der Waals surface area contributed by atoms with Gasteiger partial charge in [-0.1, -0.05) is 13.0 Å². The fraction of sp³-hybridized carbons (Fsp3) is 0.231. The molecule has 4 rings (SSSR count). The highest BCUT2D eigenvalue weighted by molar-refractivity contribution is 7.92. The number of sulfonamides is 1. The average Bonchev–Trinajstić information content (AvgIpc) is 2.93. The predicted octanol–water partition coefficient (Wildman–Crippen LogP) is 3.67. The number of aromatic nitrogens is 3. The topological polar surface area (TPSA) is 132 Å². The predicted molar refractivity (Wildman–Crippen MR) is 141 cm³/mol. The molecule has 0 radical (unpaired) electrons. The Labute approximate surface area is 226 Å². The summed E-state index contributed by atoms with van der Waals surface area (Å²) in [4.78, 5) is 33.1. The third-order valence-electron chi connectivity index (χ3n) is 6.10. The van der Waals surface area contributed by atoms with Gasteiger partial charge in [-0.2, -0.15) is 13.2 Å². The van der Waals surface area contributed by atoms with Crippen molar-refractivity contribution in [3.63, 3.8) is 0 Å². The van der Waals surface area contributed by atoms with Crippen molar-refractivity contribution in [1.82, 2.24) is 19.9 Å². The number of hydrogen-bond donors (Lipinski definition) is 2. The number of anilines is 1. The molecule has 0 saturated heterocycles. The van der Waals surface area contributed by atoms with E-state index in [9.17, 15) is 31.2 Å². The molecule has 210 valence electrons. The highest BCUT2D eigenvalue weighted by Gasteiger charge is 2.31. The smallest absolute Gasteiger partial charge is 0.416 e. The van der Waals surface area contributed by atoms with Gasteiger partial charge in [0.1, 0.15) is 5.69 Å². The third-order valence-corrected chi connectivity index (χ3v) is 7.48. The first kappa shape index (κ1) is 28.5. The maximum atomic E-state index is 13.1. The van der Waals surface area contributed by atoms with Crippen molar-refractivity contribution in [2.24, 2.45) is 5.92 Å². The standard InChI is InChI=1S/C26H24F3N5O5S/c1-15(23(35)30-2)13-34-14-32-21-9-4-16(10-20(21)25(34)36)17-11-22(24(39-3)31-12-17)33-40(37,38)19-7-5-18(6-8-19)26(27,28)29/h4-12,14-15,33H,13H2,1-3H3,(H,30,35)/t15-/m1/s1. The number of halogens is 3. The number of benzene rings is 2. The molecule has 0 bridgehead atoms. The summed E-state index contributed by atoms with van der Waals surface area (Å²) in [6.07, 6.45) is -1.83. The van der Waals surface area contributed by atoms with E-state index < -0.39 is 32.6 Å². The number of amides is 1. The summed E-state index contributed by atoms with van der Waals surface area (Å²) in [6.45, 7) is 1.80. The fourth-order valence-electron chi connectivity index (χ4n) is 3.97. The van der Waals surface area contributed by atoms with Gasteiger partial charge in [-0.05, 0) is 48.0 Å². The molecule has 0 aliphatic carbocycles. The molecule has 4 aromatic rings. The van der Waals surface area contributed by atoms with Crippen molar-refractivity contribution >= 4 is 32.5 Å². The number of alkyl halides is 3. The van der Waals surface area contributed by atoms with Gasteiger partial charge in [0, 0.05) is 25.4 Å². The molecule has 2 aromatic carbocycles. The highest BCUT2D eigenvalue weighted by Crippen LogP contribution is 2.32. The number of carbonyl (C=O) groups excluding carboxylic acids is 1. The number of nitrogens with one attached hydrogen (secondary N) is 2. The number of fused-ring (bicyclic) bond motifs is 1. The van der Waals surface area contributed by atoms with Crippen LogP contribution < -0.4 is 20.3 Å². The lowest BCUT2D eigenvalue weighted by Gasteiger charge is -2.14. The highest BCUT2D eigenvalue weighted by atomic mass is 32.2. The van der Waals surface area contributed by atoms with Crippen LogP contribution in [-0.4, -0.2) is 43.0 Å². The average molecular weight is 576 g/mol. The van der Waals surface area contributed by atoms with Crippen LogP contribution in [0.3, 0.4) is 0 Å². The Kier molecular flexibility index (Phi) is 7.82. The molecule has 2 aromatic heterocycles. The van der Waals surface area contributed by atoms with Crippen molar-refractivity contribution in [3.05, 3.63) is 77.0 Å². The van der Waals surface area contributed by atoms with E-state index in [1.54, 1.807) is 25.1 Å². The number of hydrogen-bond acceptors (Lipinski definition) is 7. The number of nitrogens with zero attached hydrogens (tertiary/aromatic N) is 3. The molecule has 2 heterocycles. The van der Waals surface area contributed by atoms with Gasteiger partial charge >= 0.3 is 6.18 Å². The first-order valence-electron chi connectivity index (χ1n) is 11.8. The van der Waals surface area contributed by atoms with Crippen molar-refractivity contribution in [2.45, 2.75) is 24.5 Å². The molecule has 40 heavy (non-hydrogen) atoms. The quantitative estimate of drug-likeness (QED) is 0.328. The Bertz CT molecular complexity index is 1740. The van der Waals surface area contributed by atoms with E-state index >= 15 is 0 Å². The summed E-state index contributed by atoms with van der Waals surface area (Å²) < 4.78 is 73.3. The monoisotopic (exact) mass is 575 g/mol. The second-order valence-corrected chi connectivity index (χ2v) is 10.5. The molecule has 0 aliphatic rings. The molecule has 1 atom stereocenters. The number of pyridine rings is 1. The van der Waals surface area contributed by atoms with E-state index in [4.69, 9.17) is 4.74 Å². The molecule has 0 saturated carbocycles. The van der Waals surface area contributed by atoms with Crippen molar-refractivity contribution in [3.8, 4) is 17.0 Å². The SMILES string of the molecule is CNC(=O)[C@H](C)Cn1cnc2ccc(-c3cnc(OC)c(NS(=O)(=O)c4ccc(C(F)(F)F)cc4)c3)cc2c1=O. The molecule has 14 heteroatoms. The van der Waals surface area contributed by atoms with Crippen LogP contribution in [0.4, 0.5) is 18.9 Å².